The standard InChI is InChI=1S/C48H30N2O/c1-2-12-31(13-3-1)33-14-10-15-34(30-33)32-24-26-35(27-25-32)49-40-19-7-4-16-36(40)37-28-29-43-47(48(37)49)38-17-5-8-20-41(38)50(43)42-21-11-23-45-46(42)39-18-6-9-22-44(39)51-45/h1-30H. The van der Waals surface area contributed by atoms with Gasteiger partial charge in [-0.25, -0.2) is 0 Å². The molecule has 0 N–H and O–H groups in total. The van der Waals surface area contributed by atoms with Crippen LogP contribution in [0, 0.1) is 0 Å². The van der Waals surface area contributed by atoms with Crippen LogP contribution in [-0.4, -0.2) is 9.13 Å². The predicted molar refractivity (Wildman–Crippen MR) is 213 cm³/mol. The van der Waals surface area contributed by atoms with E-state index in [0.717, 1.165) is 33.3 Å². The van der Waals surface area contributed by atoms with Gasteiger partial charge in [-0.2, -0.15) is 0 Å². The van der Waals surface area contributed by atoms with Gasteiger partial charge in [-0.3, -0.25) is 0 Å². The lowest BCUT2D eigenvalue weighted by Gasteiger charge is -2.12. The van der Waals surface area contributed by atoms with E-state index in [1.807, 2.05) is 6.07 Å². The molecule has 51 heavy (non-hydrogen) atoms. The molecule has 3 nitrogen and oxygen atoms in total. The van der Waals surface area contributed by atoms with Crippen LogP contribution in [0.15, 0.2) is 186 Å². The molecule has 0 unspecified atom stereocenters. The van der Waals surface area contributed by atoms with Crippen molar-refractivity contribution < 1.29 is 4.42 Å². The number of rotatable bonds is 4. The minimum Gasteiger partial charge on any atom is -0.456 e. The summed E-state index contributed by atoms with van der Waals surface area (Å²) in [5.41, 5.74) is 13.6. The van der Waals surface area contributed by atoms with Crippen molar-refractivity contribution in [1.82, 2.24) is 9.13 Å². The second kappa shape index (κ2) is 10.8. The third-order valence-corrected chi connectivity index (χ3v) is 10.5. The Morgan fingerprint density at radius 3 is 1.75 bits per heavy atom. The summed E-state index contributed by atoms with van der Waals surface area (Å²) >= 11 is 0. The summed E-state index contributed by atoms with van der Waals surface area (Å²) in [6, 6.07) is 65.4. The number of benzene rings is 8. The van der Waals surface area contributed by atoms with E-state index < -0.39 is 0 Å². The zero-order valence-electron chi connectivity index (χ0n) is 27.6. The topological polar surface area (TPSA) is 23.0 Å². The molecule has 0 saturated carbocycles. The van der Waals surface area contributed by atoms with Crippen molar-refractivity contribution in [2.24, 2.45) is 0 Å². The quantitative estimate of drug-likeness (QED) is 0.186. The molecular weight excluding hydrogens is 621 g/mol. The van der Waals surface area contributed by atoms with Crippen molar-refractivity contribution in [1.29, 1.82) is 0 Å². The number of hydrogen-bond donors (Lipinski definition) is 0. The molecular formula is C48H30N2O. The summed E-state index contributed by atoms with van der Waals surface area (Å²) in [5, 5.41) is 7.20. The Kier molecular flexibility index (Phi) is 5.96. The first kappa shape index (κ1) is 28.0. The third-order valence-electron chi connectivity index (χ3n) is 10.5. The van der Waals surface area contributed by atoms with Crippen LogP contribution in [-0.2, 0) is 0 Å². The molecule has 0 fully saturated rings. The van der Waals surface area contributed by atoms with Crippen LogP contribution < -0.4 is 0 Å². The van der Waals surface area contributed by atoms with E-state index in [-0.39, 0.29) is 0 Å². The lowest BCUT2D eigenvalue weighted by molar-refractivity contribution is 0.669. The van der Waals surface area contributed by atoms with Crippen LogP contribution in [0.1, 0.15) is 0 Å². The number of para-hydroxylation sites is 3. The lowest BCUT2D eigenvalue weighted by atomic mass is 9.99. The fourth-order valence-corrected chi connectivity index (χ4v) is 8.29. The molecule has 8 aromatic carbocycles. The highest BCUT2D eigenvalue weighted by atomic mass is 16.3. The first-order valence-electron chi connectivity index (χ1n) is 17.4. The molecule has 0 aliphatic carbocycles. The van der Waals surface area contributed by atoms with Crippen LogP contribution in [0.3, 0.4) is 0 Å². The number of hydrogen-bond acceptors (Lipinski definition) is 1. The summed E-state index contributed by atoms with van der Waals surface area (Å²) in [5.74, 6) is 0. The average Bonchev–Trinajstić information content (AvgIpc) is 3.86. The van der Waals surface area contributed by atoms with Crippen LogP contribution in [0.5, 0.6) is 0 Å². The van der Waals surface area contributed by atoms with Gasteiger partial charge < -0.3 is 13.6 Å². The van der Waals surface area contributed by atoms with E-state index in [2.05, 4.69) is 185 Å². The molecule has 238 valence electrons. The zero-order valence-corrected chi connectivity index (χ0v) is 27.6. The summed E-state index contributed by atoms with van der Waals surface area (Å²) in [7, 11) is 0. The molecule has 3 heteroatoms. The zero-order chi connectivity index (χ0) is 33.5. The fraction of sp³-hybridized carbons (Fsp3) is 0. The Hall–Kier alpha value is -6.84. The molecule has 0 radical (unpaired) electrons. The molecule has 0 aliphatic rings. The maximum atomic E-state index is 6.36. The van der Waals surface area contributed by atoms with Crippen molar-refractivity contribution in [2.45, 2.75) is 0 Å². The minimum absolute atomic E-state index is 0.893. The van der Waals surface area contributed by atoms with Crippen molar-refractivity contribution in [3.8, 4) is 33.6 Å². The molecule has 0 spiro atoms. The SMILES string of the molecule is c1ccc(-c2cccc(-c3ccc(-n4c5ccccc5c5ccc6c(c7ccccc7n6-c6cccc7oc8ccccc8c67)c54)cc3)c2)cc1. The van der Waals surface area contributed by atoms with Gasteiger partial charge in [0.2, 0.25) is 0 Å². The third kappa shape index (κ3) is 4.12. The van der Waals surface area contributed by atoms with Gasteiger partial charge in [-0.15, -0.1) is 0 Å². The Bertz CT molecular complexity index is 3120. The Labute approximate surface area is 293 Å². The van der Waals surface area contributed by atoms with E-state index in [4.69, 9.17) is 4.42 Å². The van der Waals surface area contributed by atoms with Crippen LogP contribution in [0.25, 0.3) is 99.2 Å². The molecule has 11 aromatic rings. The molecule has 0 aliphatic heterocycles. The molecule has 0 atom stereocenters. The van der Waals surface area contributed by atoms with Crippen molar-refractivity contribution >= 4 is 65.6 Å². The first-order chi connectivity index (χ1) is 25.3. The van der Waals surface area contributed by atoms with Gasteiger partial charge in [0.15, 0.2) is 0 Å². The fourth-order valence-electron chi connectivity index (χ4n) is 8.29. The van der Waals surface area contributed by atoms with Gasteiger partial charge in [-0.05, 0) is 76.9 Å². The van der Waals surface area contributed by atoms with E-state index in [1.54, 1.807) is 0 Å². The van der Waals surface area contributed by atoms with Gasteiger partial charge in [0.25, 0.3) is 0 Å². The summed E-state index contributed by atoms with van der Waals surface area (Å²) in [4.78, 5) is 0. The van der Waals surface area contributed by atoms with E-state index >= 15 is 0 Å². The number of fused-ring (bicyclic) bond motifs is 10. The van der Waals surface area contributed by atoms with E-state index in [9.17, 15) is 0 Å². The van der Waals surface area contributed by atoms with Crippen LogP contribution in [0.4, 0.5) is 0 Å². The van der Waals surface area contributed by atoms with Crippen molar-refractivity contribution in [2.75, 3.05) is 0 Å². The normalized spacial score (nSPS) is 11.9. The number of nitrogens with zero attached hydrogens (tertiary/aromatic N) is 2. The highest BCUT2D eigenvalue weighted by molar-refractivity contribution is 6.26. The second-order valence-electron chi connectivity index (χ2n) is 13.3. The smallest absolute Gasteiger partial charge is 0.137 e. The lowest BCUT2D eigenvalue weighted by Crippen LogP contribution is -1.96. The van der Waals surface area contributed by atoms with Crippen LogP contribution in [0.2, 0.25) is 0 Å². The molecule has 0 bridgehead atoms. The number of aromatic nitrogens is 2. The van der Waals surface area contributed by atoms with E-state index in [0.29, 0.717) is 0 Å². The monoisotopic (exact) mass is 650 g/mol. The average molecular weight is 651 g/mol. The summed E-state index contributed by atoms with van der Waals surface area (Å²) < 4.78 is 11.2. The Morgan fingerprint density at radius 1 is 0.333 bits per heavy atom. The molecule has 11 rings (SSSR count). The number of furan rings is 1. The highest BCUT2D eigenvalue weighted by Gasteiger charge is 2.22. The second-order valence-corrected chi connectivity index (χ2v) is 13.3. The van der Waals surface area contributed by atoms with Crippen molar-refractivity contribution in [3.63, 3.8) is 0 Å². The largest absolute Gasteiger partial charge is 0.456 e. The first-order valence-corrected chi connectivity index (χ1v) is 17.4. The van der Waals surface area contributed by atoms with Crippen molar-refractivity contribution in [3.05, 3.63) is 182 Å². The maximum Gasteiger partial charge on any atom is 0.137 e. The van der Waals surface area contributed by atoms with Gasteiger partial charge in [0, 0.05) is 32.6 Å². The summed E-state index contributed by atoms with van der Waals surface area (Å²) in [6.07, 6.45) is 0. The summed E-state index contributed by atoms with van der Waals surface area (Å²) in [6.45, 7) is 0. The van der Waals surface area contributed by atoms with Gasteiger partial charge in [-0.1, -0.05) is 127 Å². The molecule has 0 saturated heterocycles. The molecule has 0 amide bonds. The highest BCUT2D eigenvalue weighted by Crippen LogP contribution is 2.44. The van der Waals surface area contributed by atoms with Crippen LogP contribution >= 0.6 is 0 Å². The van der Waals surface area contributed by atoms with Gasteiger partial charge in [0.1, 0.15) is 11.2 Å². The molecule has 3 aromatic heterocycles. The maximum absolute atomic E-state index is 6.36. The molecule has 3 heterocycles. The van der Waals surface area contributed by atoms with E-state index in [1.165, 1.54) is 65.9 Å². The van der Waals surface area contributed by atoms with Gasteiger partial charge >= 0.3 is 0 Å². The minimum atomic E-state index is 0.893. The predicted octanol–water partition coefficient (Wildman–Crippen LogP) is 13.1. The Morgan fingerprint density at radius 2 is 0.941 bits per heavy atom. The van der Waals surface area contributed by atoms with Gasteiger partial charge in [0.05, 0.1) is 33.1 Å². The Balaban J connectivity index is 1.17.